The maximum atomic E-state index is 13.5. The van der Waals surface area contributed by atoms with Gasteiger partial charge in [0, 0.05) is 58.4 Å². The van der Waals surface area contributed by atoms with Gasteiger partial charge >= 0.3 is 0 Å². The second kappa shape index (κ2) is 13.2. The van der Waals surface area contributed by atoms with E-state index in [0.29, 0.717) is 6.54 Å². The molecule has 2 aliphatic heterocycles. The number of guanidine groups is 1. The fraction of sp³-hybridized carbons (Fsp3) is 0.565. The van der Waals surface area contributed by atoms with Gasteiger partial charge < -0.3 is 19.5 Å². The highest BCUT2D eigenvalue weighted by Gasteiger charge is 2.24. The highest BCUT2D eigenvalue weighted by atomic mass is 127. The van der Waals surface area contributed by atoms with E-state index in [2.05, 4.69) is 32.1 Å². The molecule has 2 fully saturated rings. The Bertz CT molecular complexity index is 837. The van der Waals surface area contributed by atoms with Crippen LogP contribution in [0.5, 0.6) is 0 Å². The smallest absolute Gasteiger partial charge is 0.194 e. The van der Waals surface area contributed by atoms with Crippen molar-refractivity contribution in [1.29, 1.82) is 0 Å². The number of aromatic nitrogens is 1. The van der Waals surface area contributed by atoms with Crippen LogP contribution < -0.4 is 5.32 Å². The van der Waals surface area contributed by atoms with Crippen LogP contribution in [-0.4, -0.2) is 91.4 Å². The lowest BCUT2D eigenvalue weighted by molar-refractivity contribution is 0.0179. The predicted molar refractivity (Wildman–Crippen MR) is 136 cm³/mol. The first-order valence-electron chi connectivity index (χ1n) is 11.4. The van der Waals surface area contributed by atoms with Gasteiger partial charge in [-0.25, -0.2) is 4.39 Å². The fourth-order valence-corrected chi connectivity index (χ4v) is 4.27. The van der Waals surface area contributed by atoms with Gasteiger partial charge in [0.1, 0.15) is 12.1 Å². The molecule has 1 unspecified atom stereocenters. The van der Waals surface area contributed by atoms with E-state index in [-0.39, 0.29) is 35.8 Å². The van der Waals surface area contributed by atoms with Crippen molar-refractivity contribution in [3.05, 3.63) is 53.7 Å². The van der Waals surface area contributed by atoms with Crippen molar-refractivity contribution in [2.75, 3.05) is 65.6 Å². The molecule has 10 heteroatoms. The molecule has 182 valence electrons. The Balaban J connectivity index is 0.00000306. The second-order valence-corrected chi connectivity index (χ2v) is 8.16. The van der Waals surface area contributed by atoms with Gasteiger partial charge in [0.2, 0.25) is 0 Å². The number of nitrogens with zero attached hydrogens (tertiary/aromatic N) is 5. The van der Waals surface area contributed by atoms with Crippen LogP contribution in [0.25, 0.3) is 0 Å². The largest absolute Gasteiger partial charge is 0.379 e. The number of halogens is 2. The van der Waals surface area contributed by atoms with Gasteiger partial charge in [0.05, 0.1) is 31.5 Å². The first-order chi connectivity index (χ1) is 15.7. The maximum absolute atomic E-state index is 13.5. The molecular weight excluding hydrogens is 538 g/mol. The van der Waals surface area contributed by atoms with Crippen LogP contribution in [0.3, 0.4) is 0 Å². The Kier molecular flexibility index (Phi) is 10.4. The normalized spacial score (nSPS) is 19.2. The van der Waals surface area contributed by atoms with Gasteiger partial charge in [-0.15, -0.1) is 24.0 Å². The fourth-order valence-electron chi connectivity index (χ4n) is 4.27. The Morgan fingerprint density at radius 1 is 1.09 bits per heavy atom. The number of hydrogen-bond donors (Lipinski definition) is 1. The third-order valence-corrected chi connectivity index (χ3v) is 6.04. The number of piperazine rings is 1. The molecule has 0 spiro atoms. The molecule has 4 rings (SSSR count). The molecule has 0 saturated carbocycles. The molecule has 33 heavy (non-hydrogen) atoms. The van der Waals surface area contributed by atoms with E-state index in [1.807, 2.05) is 18.2 Å². The summed E-state index contributed by atoms with van der Waals surface area (Å²) in [4.78, 5) is 12.1. The number of morpholine rings is 1. The summed E-state index contributed by atoms with van der Waals surface area (Å²) in [5.74, 6) is 0.726. The van der Waals surface area contributed by atoms with Gasteiger partial charge in [-0.05, 0) is 24.6 Å². The summed E-state index contributed by atoms with van der Waals surface area (Å²) in [5, 5.41) is 7.48. The van der Waals surface area contributed by atoms with Crippen molar-refractivity contribution in [3.63, 3.8) is 0 Å². The summed E-state index contributed by atoms with van der Waals surface area (Å²) in [5.41, 5.74) is 2.05. The monoisotopic (exact) mass is 572 g/mol. The standard InChI is InChI=1S/C23H33FN6O2.HI/c1-2-25-23(30-10-8-28(9-11-30)18-21-7-14-32-27-21)26-17-22(29-12-15-31-16-13-29)19-3-5-20(24)6-4-19;/h3-7,14,22H,2,8-13,15-18H2,1H3,(H,25,26);1H. The molecule has 3 heterocycles. The zero-order valence-electron chi connectivity index (χ0n) is 19.2. The molecular formula is C23H34FIN6O2. The van der Waals surface area contributed by atoms with Gasteiger partial charge in [-0.3, -0.25) is 14.8 Å². The summed E-state index contributed by atoms with van der Waals surface area (Å²) >= 11 is 0. The minimum atomic E-state index is -0.213. The Morgan fingerprint density at radius 2 is 1.82 bits per heavy atom. The summed E-state index contributed by atoms with van der Waals surface area (Å²) in [7, 11) is 0. The topological polar surface area (TPSA) is 69.4 Å². The van der Waals surface area contributed by atoms with Crippen LogP contribution in [-0.2, 0) is 11.3 Å². The summed E-state index contributed by atoms with van der Waals surface area (Å²) in [6.07, 6.45) is 1.62. The first kappa shape index (κ1) is 25.9. The third kappa shape index (κ3) is 7.36. The summed E-state index contributed by atoms with van der Waals surface area (Å²) < 4.78 is 24.0. The van der Waals surface area contributed by atoms with Crippen molar-refractivity contribution in [3.8, 4) is 0 Å². The van der Waals surface area contributed by atoms with Gasteiger partial charge in [-0.1, -0.05) is 17.3 Å². The van der Waals surface area contributed by atoms with Crippen molar-refractivity contribution in [1.82, 2.24) is 25.2 Å². The van der Waals surface area contributed by atoms with E-state index in [9.17, 15) is 4.39 Å². The van der Waals surface area contributed by atoms with Crippen LogP contribution >= 0.6 is 24.0 Å². The molecule has 0 radical (unpaired) electrons. The van der Waals surface area contributed by atoms with E-state index in [4.69, 9.17) is 14.3 Å². The Morgan fingerprint density at radius 3 is 2.45 bits per heavy atom. The van der Waals surface area contributed by atoms with Crippen molar-refractivity contribution in [2.24, 2.45) is 4.99 Å². The lowest BCUT2D eigenvalue weighted by Crippen LogP contribution is -2.52. The molecule has 0 bridgehead atoms. The molecule has 0 aliphatic carbocycles. The molecule has 1 aromatic heterocycles. The van der Waals surface area contributed by atoms with E-state index < -0.39 is 0 Å². The SMILES string of the molecule is CCNC(=NCC(c1ccc(F)cc1)N1CCOCC1)N1CCN(Cc2ccon2)CC1.I. The Hall–Kier alpha value is -1.76. The highest BCUT2D eigenvalue weighted by Crippen LogP contribution is 2.23. The van der Waals surface area contributed by atoms with Crippen molar-refractivity contribution in [2.45, 2.75) is 19.5 Å². The van der Waals surface area contributed by atoms with E-state index in [0.717, 1.165) is 82.8 Å². The molecule has 1 N–H and O–H groups in total. The number of aliphatic imine (C=N–C) groups is 1. The molecule has 0 amide bonds. The quantitative estimate of drug-likeness (QED) is 0.311. The highest BCUT2D eigenvalue weighted by molar-refractivity contribution is 14.0. The molecule has 8 nitrogen and oxygen atoms in total. The summed E-state index contributed by atoms with van der Waals surface area (Å²) in [6, 6.07) is 8.83. The third-order valence-electron chi connectivity index (χ3n) is 6.04. The number of ether oxygens (including phenoxy) is 1. The van der Waals surface area contributed by atoms with E-state index in [1.54, 1.807) is 6.26 Å². The molecule has 1 aromatic carbocycles. The number of nitrogens with one attached hydrogen (secondary N) is 1. The molecule has 2 aromatic rings. The second-order valence-electron chi connectivity index (χ2n) is 8.16. The number of benzene rings is 1. The molecule has 1 atom stereocenters. The summed E-state index contributed by atoms with van der Waals surface area (Å²) in [6.45, 7) is 11.2. The van der Waals surface area contributed by atoms with E-state index >= 15 is 0 Å². The first-order valence-corrected chi connectivity index (χ1v) is 11.4. The number of hydrogen-bond acceptors (Lipinski definition) is 6. The number of rotatable bonds is 7. The molecule has 2 aliphatic rings. The minimum absolute atomic E-state index is 0. The predicted octanol–water partition coefficient (Wildman–Crippen LogP) is 2.59. The maximum Gasteiger partial charge on any atom is 0.194 e. The van der Waals surface area contributed by atoms with Gasteiger partial charge in [0.25, 0.3) is 0 Å². The zero-order chi connectivity index (χ0) is 22.2. The van der Waals surface area contributed by atoms with Crippen LogP contribution in [0, 0.1) is 5.82 Å². The average molecular weight is 572 g/mol. The lowest BCUT2D eigenvalue weighted by atomic mass is 10.0. The zero-order valence-corrected chi connectivity index (χ0v) is 21.5. The Labute approximate surface area is 212 Å². The van der Waals surface area contributed by atoms with Crippen molar-refractivity contribution < 1.29 is 13.7 Å². The van der Waals surface area contributed by atoms with Gasteiger partial charge in [-0.2, -0.15) is 0 Å². The van der Waals surface area contributed by atoms with E-state index in [1.165, 1.54) is 12.1 Å². The van der Waals surface area contributed by atoms with Crippen molar-refractivity contribution >= 4 is 29.9 Å². The average Bonchev–Trinajstić information content (AvgIpc) is 3.34. The molecule has 2 saturated heterocycles. The minimum Gasteiger partial charge on any atom is -0.379 e. The van der Waals surface area contributed by atoms with Gasteiger partial charge in [0.15, 0.2) is 5.96 Å². The lowest BCUT2D eigenvalue weighted by Gasteiger charge is -2.37. The van der Waals surface area contributed by atoms with Crippen LogP contribution in [0.2, 0.25) is 0 Å². The van der Waals surface area contributed by atoms with Crippen LogP contribution in [0.4, 0.5) is 4.39 Å². The van der Waals surface area contributed by atoms with Crippen LogP contribution in [0.1, 0.15) is 24.2 Å². The van der Waals surface area contributed by atoms with Crippen LogP contribution in [0.15, 0.2) is 46.1 Å².